The molecule has 1 aromatic carbocycles. The molecule has 4 rings (SSSR count). The van der Waals surface area contributed by atoms with Crippen LogP contribution in [0, 0.1) is 46.5 Å². The summed E-state index contributed by atoms with van der Waals surface area (Å²) in [6.45, 7) is 28.6. The number of H-pyrrole nitrogens is 1. The zero-order chi connectivity index (χ0) is 41.2. The second-order valence-electron chi connectivity index (χ2n) is 17.9. The number of esters is 2. The quantitative estimate of drug-likeness (QED) is 0.155. The number of nitrogens with one attached hydrogen (secondary N) is 2. The van der Waals surface area contributed by atoms with E-state index in [-0.39, 0.29) is 34.2 Å². The molecule has 3 aromatic rings. The van der Waals surface area contributed by atoms with Gasteiger partial charge >= 0.3 is 18.0 Å². The first-order valence-electron chi connectivity index (χ1n) is 18.6. The molecule has 0 spiro atoms. The van der Waals surface area contributed by atoms with E-state index < -0.39 is 36.5 Å². The van der Waals surface area contributed by atoms with Gasteiger partial charge in [-0.15, -0.1) is 5.10 Å². The molecular weight excluding hydrogens is 704 g/mol. The molecule has 55 heavy (non-hydrogen) atoms. The van der Waals surface area contributed by atoms with Crippen molar-refractivity contribution in [1.82, 2.24) is 19.5 Å². The maximum absolute atomic E-state index is 13.8. The third-order valence-corrected chi connectivity index (χ3v) is 10.7. The van der Waals surface area contributed by atoms with Gasteiger partial charge < -0.3 is 29.2 Å². The Labute approximate surface area is 324 Å². The van der Waals surface area contributed by atoms with E-state index >= 15 is 0 Å². The molecule has 0 aliphatic heterocycles. The van der Waals surface area contributed by atoms with Gasteiger partial charge in [0.15, 0.2) is 5.82 Å². The largest absolute Gasteiger partial charge is 0.495 e. The summed E-state index contributed by atoms with van der Waals surface area (Å²) < 4.78 is 22.4. The first kappa shape index (κ1) is 42.7. The maximum atomic E-state index is 13.8. The van der Waals surface area contributed by atoms with E-state index in [0.717, 1.165) is 32.0 Å². The molecule has 0 radical (unpaired) electrons. The Hall–Kier alpha value is -5.06. The molecule has 1 aliphatic carbocycles. The van der Waals surface area contributed by atoms with Crippen molar-refractivity contribution < 1.29 is 38.1 Å². The van der Waals surface area contributed by atoms with Crippen LogP contribution in [0.3, 0.4) is 0 Å². The van der Waals surface area contributed by atoms with Gasteiger partial charge in [-0.1, -0.05) is 69.2 Å². The van der Waals surface area contributed by atoms with Crippen molar-refractivity contribution in [2.24, 2.45) is 39.9 Å². The van der Waals surface area contributed by atoms with E-state index in [1.165, 1.54) is 11.6 Å². The van der Waals surface area contributed by atoms with Gasteiger partial charge in [-0.3, -0.25) is 19.3 Å². The fourth-order valence-corrected chi connectivity index (χ4v) is 7.70. The van der Waals surface area contributed by atoms with Gasteiger partial charge in [0.25, 0.3) is 5.69 Å². The van der Waals surface area contributed by atoms with Crippen molar-refractivity contribution in [1.29, 1.82) is 0 Å². The summed E-state index contributed by atoms with van der Waals surface area (Å²) in [6, 6.07) is 5.25. The third kappa shape index (κ3) is 9.61. The molecule has 14 heteroatoms. The van der Waals surface area contributed by atoms with Crippen LogP contribution in [0.2, 0.25) is 0 Å². The summed E-state index contributed by atoms with van der Waals surface area (Å²) in [5, 5.41) is 7.78. The predicted molar refractivity (Wildman–Crippen MR) is 209 cm³/mol. The fraction of sp³-hybridized carbons (Fsp3) is 0.610. The Balaban J connectivity index is 1.95. The Bertz CT molecular complexity index is 1910. The summed E-state index contributed by atoms with van der Waals surface area (Å²) in [7, 11) is 3.84. The Morgan fingerprint density at radius 3 is 1.98 bits per heavy atom. The molecule has 1 aliphatic rings. The van der Waals surface area contributed by atoms with E-state index in [9.17, 15) is 19.2 Å². The first-order valence-corrected chi connectivity index (χ1v) is 18.6. The molecule has 300 valence electrons. The second kappa shape index (κ2) is 16.4. The Morgan fingerprint density at radius 1 is 0.945 bits per heavy atom. The number of carbonyl (C=O) groups is 4. The number of hydrogen-bond donors (Lipinski definition) is 2. The van der Waals surface area contributed by atoms with E-state index in [2.05, 4.69) is 63.6 Å². The number of hydrogen-bond acceptors (Lipinski definition) is 9. The zero-order valence-electron chi connectivity index (χ0n) is 34.6. The number of ether oxygens (including phenoxy) is 4. The van der Waals surface area contributed by atoms with E-state index in [1.807, 2.05) is 20.8 Å². The highest BCUT2D eigenvalue weighted by atomic mass is 16.6. The monoisotopic (exact) mass is 762 g/mol. The van der Waals surface area contributed by atoms with Gasteiger partial charge in [-0.2, -0.15) is 4.52 Å². The topological polar surface area (TPSA) is 158 Å². The van der Waals surface area contributed by atoms with Crippen molar-refractivity contribution in [3.63, 3.8) is 0 Å². The number of aromatic amines is 1. The molecule has 14 nitrogen and oxygen atoms in total. The highest BCUT2D eigenvalue weighted by Crippen LogP contribution is 2.54. The third-order valence-electron chi connectivity index (χ3n) is 10.7. The molecule has 2 amide bonds. The molecule has 2 unspecified atom stereocenters. The van der Waals surface area contributed by atoms with Crippen molar-refractivity contribution in [2.45, 2.75) is 88.5 Å². The van der Waals surface area contributed by atoms with Crippen LogP contribution < -0.4 is 14.8 Å². The van der Waals surface area contributed by atoms with Gasteiger partial charge in [0.1, 0.15) is 24.5 Å². The number of nitrogens with zero attached hydrogens (tertiary/aromatic N) is 4. The summed E-state index contributed by atoms with van der Waals surface area (Å²) in [5.41, 5.74) is 1.49. The summed E-state index contributed by atoms with van der Waals surface area (Å²) in [6.07, 6.45) is 1.50. The fourth-order valence-electron chi connectivity index (χ4n) is 7.70. The number of rotatable bonds is 10. The summed E-state index contributed by atoms with van der Waals surface area (Å²) in [5.74, 6) is 0.203. The minimum absolute atomic E-state index is 0.0341. The van der Waals surface area contributed by atoms with Crippen molar-refractivity contribution in [3.8, 4) is 23.0 Å². The molecule has 2 heterocycles. The SMILES string of the molecule is [C-]#[N+]c1c(CC2C(C(C)(C)C)CC(C)CC2C(C)(C)C)c2[nH]c(-c3ccc(OC)c(NC(=O)C(C)(C)C)c3)nn2c1OC(=O)N(CC(=O)OC)CC(=O)OC. The van der Waals surface area contributed by atoms with Crippen LogP contribution in [-0.4, -0.2) is 77.9 Å². The predicted octanol–water partition coefficient (Wildman–Crippen LogP) is 7.93. The molecule has 1 saturated carbocycles. The van der Waals surface area contributed by atoms with Crippen LogP contribution >= 0.6 is 0 Å². The van der Waals surface area contributed by atoms with Crippen LogP contribution in [-0.2, 0) is 30.3 Å². The molecule has 2 N–H and O–H groups in total. The minimum Gasteiger partial charge on any atom is -0.495 e. The van der Waals surface area contributed by atoms with Crippen molar-refractivity contribution in [2.75, 3.05) is 39.7 Å². The zero-order valence-corrected chi connectivity index (χ0v) is 34.6. The van der Waals surface area contributed by atoms with Crippen LogP contribution in [0.15, 0.2) is 18.2 Å². The average Bonchev–Trinajstić information content (AvgIpc) is 3.64. The van der Waals surface area contributed by atoms with Crippen molar-refractivity contribution in [3.05, 3.63) is 35.2 Å². The second-order valence-corrected chi connectivity index (χ2v) is 17.9. The summed E-state index contributed by atoms with van der Waals surface area (Å²) in [4.78, 5) is 59.5. The molecule has 2 atom stereocenters. The van der Waals surface area contributed by atoms with Crippen LogP contribution in [0.4, 0.5) is 16.2 Å². The molecule has 2 aromatic heterocycles. The number of anilines is 1. The lowest BCUT2D eigenvalue weighted by Crippen LogP contribution is -2.44. The lowest BCUT2D eigenvalue weighted by molar-refractivity contribution is -0.144. The maximum Gasteiger partial charge on any atom is 0.416 e. The van der Waals surface area contributed by atoms with E-state index in [0.29, 0.717) is 58.2 Å². The number of amides is 2. The molecular formula is C41H58N6O8. The lowest BCUT2D eigenvalue weighted by atomic mass is 9.54. The standard InChI is InChI=1S/C41H58N6O8/c1-23-17-27(39(2,3)4)25(28(18-23)40(5,6)7)20-26-33(42-11)36(55-38(51)46(21-31(48)53-13)22-32(49)54-14)47-35(26)44-34(45-47)24-15-16-30(52-12)29(19-24)43-37(50)41(8,9)10/h15-16,19,23,25,27-28H,17-18,20-22H2,1-10,12-14H3,(H,43,50)(H,44,45). The number of carbonyl (C=O) groups excluding carboxylic acids is 4. The number of fused-ring (bicyclic) bond motifs is 1. The molecule has 1 fully saturated rings. The van der Waals surface area contributed by atoms with Gasteiger partial charge in [-0.05, 0) is 72.0 Å². The number of aromatic nitrogens is 3. The van der Waals surface area contributed by atoms with Crippen LogP contribution in [0.1, 0.15) is 87.6 Å². The minimum atomic E-state index is -1.07. The summed E-state index contributed by atoms with van der Waals surface area (Å²) >= 11 is 0. The van der Waals surface area contributed by atoms with E-state index in [1.54, 1.807) is 18.2 Å². The highest BCUT2D eigenvalue weighted by molar-refractivity contribution is 5.96. The molecule has 0 saturated heterocycles. The lowest BCUT2D eigenvalue weighted by Gasteiger charge is -2.51. The Morgan fingerprint density at radius 2 is 1.51 bits per heavy atom. The van der Waals surface area contributed by atoms with Crippen LogP contribution in [0.25, 0.3) is 21.9 Å². The number of benzene rings is 1. The normalized spacial score (nSPS) is 19.0. The van der Waals surface area contributed by atoms with Gasteiger partial charge in [-0.25, -0.2) is 9.64 Å². The average molecular weight is 763 g/mol. The van der Waals surface area contributed by atoms with E-state index in [4.69, 9.17) is 30.6 Å². The van der Waals surface area contributed by atoms with Crippen molar-refractivity contribution >= 4 is 41.0 Å². The smallest absolute Gasteiger partial charge is 0.416 e. The molecule has 0 bridgehead atoms. The van der Waals surface area contributed by atoms with Gasteiger partial charge in [0.2, 0.25) is 11.8 Å². The highest BCUT2D eigenvalue weighted by Gasteiger charge is 2.46. The van der Waals surface area contributed by atoms with Crippen LogP contribution in [0.5, 0.6) is 11.6 Å². The van der Waals surface area contributed by atoms with Gasteiger partial charge in [0, 0.05) is 16.5 Å². The Kier molecular flexibility index (Phi) is 12.7. The number of methoxy groups -OCH3 is 3. The van der Waals surface area contributed by atoms with Gasteiger partial charge in [0.05, 0.1) is 33.6 Å². The first-order chi connectivity index (χ1) is 25.5.